The van der Waals surface area contributed by atoms with E-state index in [2.05, 4.69) is 10.3 Å². The molecule has 136 valence electrons. The second-order valence-electron chi connectivity index (χ2n) is 5.74. The molecule has 0 unspecified atom stereocenters. The third kappa shape index (κ3) is 3.21. The molecule has 0 aliphatic carbocycles. The summed E-state index contributed by atoms with van der Waals surface area (Å²) >= 11 is 0. The van der Waals surface area contributed by atoms with Gasteiger partial charge < -0.3 is 4.52 Å². The fourth-order valence-corrected chi connectivity index (χ4v) is 2.75. The van der Waals surface area contributed by atoms with E-state index in [1.54, 1.807) is 24.3 Å². The second-order valence-corrected chi connectivity index (χ2v) is 5.74. The summed E-state index contributed by atoms with van der Waals surface area (Å²) in [5.41, 5.74) is -0.280. The van der Waals surface area contributed by atoms with Gasteiger partial charge in [0.25, 0.3) is 0 Å². The lowest BCUT2D eigenvalue weighted by atomic mass is 10.1. The van der Waals surface area contributed by atoms with Gasteiger partial charge in [-0.1, -0.05) is 41.6 Å². The maximum absolute atomic E-state index is 13.7. The Hall–Kier alpha value is -3.42. The van der Waals surface area contributed by atoms with E-state index in [0.29, 0.717) is 15.9 Å². The number of benzene rings is 2. The minimum absolute atomic E-state index is 0.0450. The molecule has 0 atom stereocenters. The predicted octanol–water partition coefficient (Wildman–Crippen LogP) is 5.35. The van der Waals surface area contributed by atoms with Gasteiger partial charge in [0.1, 0.15) is 11.5 Å². The molecule has 4 aromatic rings. The molecule has 4 rings (SSSR count). The van der Waals surface area contributed by atoms with Gasteiger partial charge in [0.15, 0.2) is 11.5 Å². The van der Waals surface area contributed by atoms with E-state index in [-0.39, 0.29) is 17.0 Å². The van der Waals surface area contributed by atoms with Crippen molar-refractivity contribution in [3.63, 3.8) is 0 Å². The summed E-state index contributed by atoms with van der Waals surface area (Å²) in [5.74, 6) is -0.743. The Labute approximate surface area is 150 Å². The van der Waals surface area contributed by atoms with Crippen LogP contribution >= 0.6 is 0 Å². The number of halogens is 4. The SMILES string of the molecule is Fc1cccc(-n2ncc(-c3cc(-c4ccccc4)no3)c2C(F)(F)F)c1. The van der Waals surface area contributed by atoms with Gasteiger partial charge in [-0.25, -0.2) is 9.07 Å². The standard InChI is InChI=1S/C19H11F4N3O/c20-13-7-4-8-14(9-13)26-18(19(21,22)23)15(11-24-26)17-10-16(25-27-17)12-5-2-1-3-6-12/h1-11H. The summed E-state index contributed by atoms with van der Waals surface area (Å²) in [6.45, 7) is 0. The molecular formula is C19H11F4N3O. The Morgan fingerprint density at radius 1 is 0.926 bits per heavy atom. The summed E-state index contributed by atoms with van der Waals surface area (Å²) in [6, 6.07) is 15.1. The largest absolute Gasteiger partial charge is 0.434 e. The predicted molar refractivity (Wildman–Crippen MR) is 89.5 cm³/mol. The number of hydrogen-bond acceptors (Lipinski definition) is 3. The van der Waals surface area contributed by atoms with Crippen molar-refractivity contribution in [1.82, 2.24) is 14.9 Å². The van der Waals surface area contributed by atoms with Crippen LogP contribution in [0.25, 0.3) is 28.3 Å². The maximum atomic E-state index is 13.7. The van der Waals surface area contributed by atoms with Crippen LogP contribution in [0, 0.1) is 5.82 Å². The normalized spacial score (nSPS) is 11.7. The monoisotopic (exact) mass is 373 g/mol. The first-order chi connectivity index (χ1) is 12.9. The summed E-state index contributed by atoms with van der Waals surface area (Å²) < 4.78 is 60.4. The molecule has 2 aromatic heterocycles. The molecule has 27 heavy (non-hydrogen) atoms. The minimum atomic E-state index is -4.74. The molecule has 4 nitrogen and oxygen atoms in total. The highest BCUT2D eigenvalue weighted by atomic mass is 19.4. The number of nitrogens with zero attached hydrogens (tertiary/aromatic N) is 3. The number of aromatic nitrogens is 3. The van der Waals surface area contributed by atoms with Gasteiger partial charge in [-0.2, -0.15) is 18.3 Å². The summed E-state index contributed by atoms with van der Waals surface area (Å²) in [7, 11) is 0. The fraction of sp³-hybridized carbons (Fsp3) is 0.0526. The summed E-state index contributed by atoms with van der Waals surface area (Å²) in [6.07, 6.45) is -3.71. The molecule has 0 aliphatic heterocycles. The zero-order chi connectivity index (χ0) is 19.0. The first-order valence-corrected chi connectivity index (χ1v) is 7.87. The highest BCUT2D eigenvalue weighted by Gasteiger charge is 2.40. The molecule has 0 spiro atoms. The smallest absolute Gasteiger partial charge is 0.356 e. The number of alkyl halides is 3. The van der Waals surface area contributed by atoms with Crippen molar-refractivity contribution in [2.24, 2.45) is 0 Å². The van der Waals surface area contributed by atoms with Gasteiger partial charge in [-0.05, 0) is 18.2 Å². The zero-order valence-electron chi connectivity index (χ0n) is 13.6. The molecule has 0 bridgehead atoms. The molecule has 0 saturated heterocycles. The van der Waals surface area contributed by atoms with Crippen LogP contribution in [-0.4, -0.2) is 14.9 Å². The van der Waals surface area contributed by atoms with Crippen LogP contribution in [0.2, 0.25) is 0 Å². The molecule has 2 aromatic carbocycles. The topological polar surface area (TPSA) is 43.9 Å². The van der Waals surface area contributed by atoms with E-state index >= 15 is 0 Å². The lowest BCUT2D eigenvalue weighted by molar-refractivity contribution is -0.142. The van der Waals surface area contributed by atoms with Crippen molar-refractivity contribution >= 4 is 0 Å². The van der Waals surface area contributed by atoms with E-state index < -0.39 is 17.7 Å². The van der Waals surface area contributed by atoms with Crippen LogP contribution < -0.4 is 0 Å². The molecular weight excluding hydrogens is 362 g/mol. The zero-order valence-corrected chi connectivity index (χ0v) is 13.6. The second kappa shape index (κ2) is 6.39. The van der Waals surface area contributed by atoms with Crippen LogP contribution in [-0.2, 0) is 6.18 Å². The third-order valence-corrected chi connectivity index (χ3v) is 3.94. The van der Waals surface area contributed by atoms with Crippen molar-refractivity contribution in [2.75, 3.05) is 0 Å². The van der Waals surface area contributed by atoms with E-state index in [4.69, 9.17) is 4.52 Å². The minimum Gasteiger partial charge on any atom is -0.356 e. The van der Waals surface area contributed by atoms with Crippen LogP contribution in [0.4, 0.5) is 17.6 Å². The lowest BCUT2D eigenvalue weighted by Gasteiger charge is -2.11. The third-order valence-electron chi connectivity index (χ3n) is 3.94. The van der Waals surface area contributed by atoms with Crippen LogP contribution in [0.5, 0.6) is 0 Å². The lowest BCUT2D eigenvalue weighted by Crippen LogP contribution is -2.14. The Morgan fingerprint density at radius 3 is 2.41 bits per heavy atom. The highest BCUT2D eigenvalue weighted by Crippen LogP contribution is 2.39. The van der Waals surface area contributed by atoms with Crippen molar-refractivity contribution in [1.29, 1.82) is 0 Å². The Kier molecular flexibility index (Phi) is 4.02. The van der Waals surface area contributed by atoms with E-state index in [9.17, 15) is 17.6 Å². The van der Waals surface area contributed by atoms with Crippen molar-refractivity contribution in [2.45, 2.75) is 6.18 Å². The molecule has 0 aliphatic rings. The van der Waals surface area contributed by atoms with Gasteiger partial charge in [-0.3, -0.25) is 0 Å². The molecule has 0 N–H and O–H groups in total. The van der Waals surface area contributed by atoms with Gasteiger partial charge in [-0.15, -0.1) is 0 Å². The van der Waals surface area contributed by atoms with Gasteiger partial charge in [0.05, 0.1) is 17.4 Å². The molecule has 0 amide bonds. The van der Waals surface area contributed by atoms with Crippen LogP contribution in [0.3, 0.4) is 0 Å². The van der Waals surface area contributed by atoms with E-state index in [0.717, 1.165) is 18.3 Å². The van der Waals surface area contributed by atoms with Gasteiger partial charge in [0.2, 0.25) is 0 Å². The first-order valence-electron chi connectivity index (χ1n) is 7.87. The van der Waals surface area contributed by atoms with Crippen molar-refractivity contribution < 1.29 is 22.1 Å². The van der Waals surface area contributed by atoms with Crippen LogP contribution in [0.1, 0.15) is 5.69 Å². The Morgan fingerprint density at radius 2 is 1.70 bits per heavy atom. The first kappa shape index (κ1) is 17.0. The fourth-order valence-electron chi connectivity index (χ4n) is 2.75. The highest BCUT2D eigenvalue weighted by molar-refractivity contribution is 5.68. The van der Waals surface area contributed by atoms with E-state index in [1.165, 1.54) is 18.2 Å². The quantitative estimate of drug-likeness (QED) is 0.455. The average Bonchev–Trinajstić information content (AvgIpc) is 3.29. The molecule has 0 fully saturated rings. The molecule has 8 heteroatoms. The Bertz CT molecular complexity index is 1080. The summed E-state index contributed by atoms with van der Waals surface area (Å²) in [5, 5.41) is 7.64. The molecule has 0 saturated carbocycles. The van der Waals surface area contributed by atoms with Crippen LogP contribution in [0.15, 0.2) is 71.4 Å². The number of hydrogen-bond donors (Lipinski definition) is 0. The molecule has 0 radical (unpaired) electrons. The molecule has 2 heterocycles. The van der Waals surface area contributed by atoms with Crippen molar-refractivity contribution in [3.05, 3.63) is 78.4 Å². The van der Waals surface area contributed by atoms with Gasteiger partial charge in [0, 0.05) is 11.6 Å². The summed E-state index contributed by atoms with van der Waals surface area (Å²) in [4.78, 5) is 0. The maximum Gasteiger partial charge on any atom is 0.434 e. The average molecular weight is 373 g/mol. The van der Waals surface area contributed by atoms with E-state index in [1.807, 2.05) is 6.07 Å². The number of rotatable bonds is 3. The Balaban J connectivity index is 1.84. The van der Waals surface area contributed by atoms with Crippen molar-refractivity contribution in [3.8, 4) is 28.3 Å². The van der Waals surface area contributed by atoms with Gasteiger partial charge >= 0.3 is 6.18 Å².